The molecule has 1 aromatic rings. The van der Waals surface area contributed by atoms with Crippen molar-refractivity contribution in [3.05, 3.63) is 22.7 Å². The highest BCUT2D eigenvalue weighted by atomic mass is 19.1. The van der Waals surface area contributed by atoms with Gasteiger partial charge in [-0.2, -0.15) is 0 Å². The van der Waals surface area contributed by atoms with E-state index in [0.29, 0.717) is 5.82 Å². The van der Waals surface area contributed by atoms with Crippen molar-refractivity contribution in [3.8, 4) is 0 Å². The van der Waals surface area contributed by atoms with Crippen LogP contribution in [0, 0.1) is 5.92 Å². The highest BCUT2D eigenvalue weighted by Gasteiger charge is 2.21. The van der Waals surface area contributed by atoms with Gasteiger partial charge in [-0.25, -0.2) is 4.98 Å². The van der Waals surface area contributed by atoms with Crippen LogP contribution in [0.5, 0.6) is 0 Å². The van der Waals surface area contributed by atoms with Crippen LogP contribution < -0.4 is 10.5 Å². The van der Waals surface area contributed by atoms with Gasteiger partial charge in [0.1, 0.15) is 0 Å². The average molecular weight is 225 g/mol. The molecule has 0 amide bonds. The van der Waals surface area contributed by atoms with Gasteiger partial charge in [0.05, 0.1) is 6.67 Å². The number of hydrogen-bond acceptors (Lipinski definition) is 3. The fourth-order valence-corrected chi connectivity index (χ4v) is 2.00. The van der Waals surface area contributed by atoms with Crippen LogP contribution in [0.3, 0.4) is 0 Å². The molecule has 0 radical (unpaired) electrons. The van der Waals surface area contributed by atoms with E-state index in [4.69, 9.17) is 0 Å². The van der Waals surface area contributed by atoms with Gasteiger partial charge in [0.15, 0.2) is 5.82 Å². The van der Waals surface area contributed by atoms with Crippen molar-refractivity contribution in [2.75, 3.05) is 24.7 Å². The Morgan fingerprint density at radius 3 is 2.81 bits per heavy atom. The van der Waals surface area contributed by atoms with E-state index in [1.807, 2.05) is 4.90 Å². The molecule has 0 saturated carbocycles. The summed E-state index contributed by atoms with van der Waals surface area (Å²) < 4.78 is 14.0. The third-order valence-electron chi connectivity index (χ3n) is 3.13. The molecular weight excluding hydrogens is 209 g/mol. The van der Waals surface area contributed by atoms with Crippen LogP contribution in [0.1, 0.15) is 12.8 Å². The number of nitrogens with zero attached hydrogens (tertiary/aromatic N) is 3. The molecule has 2 rings (SSSR count). The highest BCUT2D eigenvalue weighted by molar-refractivity contribution is 5.35. The Bertz CT molecular complexity index is 410. The molecule has 4 nitrogen and oxygen atoms in total. The lowest BCUT2D eigenvalue weighted by Crippen LogP contribution is -2.39. The molecular formula is C11H16FN3O. The summed E-state index contributed by atoms with van der Waals surface area (Å²) in [6.07, 6.45) is 4.87. The summed E-state index contributed by atoms with van der Waals surface area (Å²) in [6.45, 7) is 1.19. The molecule has 1 aromatic heterocycles. The zero-order valence-corrected chi connectivity index (χ0v) is 9.40. The Labute approximate surface area is 93.7 Å². The maximum Gasteiger partial charge on any atom is 0.293 e. The Hall–Kier alpha value is -1.39. The van der Waals surface area contributed by atoms with Crippen molar-refractivity contribution >= 4 is 5.82 Å². The number of halogens is 1. The van der Waals surface area contributed by atoms with Crippen LogP contribution >= 0.6 is 0 Å². The first-order valence-electron chi connectivity index (χ1n) is 5.55. The first-order chi connectivity index (χ1) is 7.72. The maximum atomic E-state index is 12.5. The van der Waals surface area contributed by atoms with Crippen LogP contribution in [0.4, 0.5) is 10.2 Å². The predicted octanol–water partition coefficient (Wildman–Crippen LogP) is 0.966. The number of aryl methyl sites for hydroxylation is 1. The second-order valence-electron chi connectivity index (χ2n) is 4.25. The second-order valence-corrected chi connectivity index (χ2v) is 4.25. The lowest BCUT2D eigenvalue weighted by molar-refractivity contribution is 0.306. The van der Waals surface area contributed by atoms with E-state index >= 15 is 0 Å². The van der Waals surface area contributed by atoms with Crippen LogP contribution in [-0.4, -0.2) is 29.3 Å². The van der Waals surface area contributed by atoms with Crippen LogP contribution in [-0.2, 0) is 7.05 Å². The van der Waals surface area contributed by atoms with E-state index in [2.05, 4.69) is 4.98 Å². The lowest BCUT2D eigenvalue weighted by atomic mass is 9.98. The summed E-state index contributed by atoms with van der Waals surface area (Å²) in [5, 5.41) is 0. The Kier molecular flexibility index (Phi) is 3.22. The van der Waals surface area contributed by atoms with E-state index < -0.39 is 0 Å². The smallest absolute Gasteiger partial charge is 0.293 e. The third-order valence-corrected chi connectivity index (χ3v) is 3.13. The summed E-state index contributed by atoms with van der Waals surface area (Å²) in [5.41, 5.74) is -0.0822. The standard InChI is InChI=1S/C11H16FN3O/c1-14-7-4-13-10(11(14)16)15-5-2-9(8-12)3-6-15/h4,7,9H,2-3,5-6,8H2,1H3. The zero-order valence-electron chi connectivity index (χ0n) is 9.40. The SMILES string of the molecule is Cn1ccnc(N2CCC(CF)CC2)c1=O. The van der Waals surface area contributed by atoms with E-state index in [9.17, 15) is 9.18 Å². The first-order valence-corrected chi connectivity index (χ1v) is 5.55. The molecule has 1 aliphatic heterocycles. The normalized spacial score (nSPS) is 17.8. The third kappa shape index (κ3) is 2.08. The molecule has 1 saturated heterocycles. The van der Waals surface area contributed by atoms with Gasteiger partial charge >= 0.3 is 0 Å². The Morgan fingerprint density at radius 1 is 1.50 bits per heavy atom. The van der Waals surface area contributed by atoms with Gasteiger partial charge in [0.25, 0.3) is 5.56 Å². The summed E-state index contributed by atoms with van der Waals surface area (Å²) in [6, 6.07) is 0. The number of hydrogen-bond donors (Lipinski definition) is 0. The summed E-state index contributed by atoms with van der Waals surface area (Å²) >= 11 is 0. The molecule has 0 aromatic carbocycles. The van der Waals surface area contributed by atoms with Gasteiger partial charge in [-0.05, 0) is 18.8 Å². The predicted molar refractivity (Wildman–Crippen MR) is 60.4 cm³/mol. The molecule has 0 atom stereocenters. The Morgan fingerprint density at radius 2 is 2.19 bits per heavy atom. The second kappa shape index (κ2) is 4.63. The monoisotopic (exact) mass is 225 g/mol. The van der Waals surface area contributed by atoms with E-state index in [-0.39, 0.29) is 18.2 Å². The maximum absolute atomic E-state index is 12.5. The fraction of sp³-hybridized carbons (Fsp3) is 0.636. The van der Waals surface area contributed by atoms with Crippen molar-refractivity contribution < 1.29 is 4.39 Å². The van der Waals surface area contributed by atoms with Crippen molar-refractivity contribution in [2.24, 2.45) is 13.0 Å². The van der Waals surface area contributed by atoms with Crippen LogP contribution in [0.25, 0.3) is 0 Å². The van der Waals surface area contributed by atoms with E-state index in [1.165, 1.54) is 4.57 Å². The average Bonchev–Trinajstić information content (AvgIpc) is 2.33. The van der Waals surface area contributed by atoms with Crippen LogP contribution in [0.2, 0.25) is 0 Å². The number of aromatic nitrogens is 2. The fourth-order valence-electron chi connectivity index (χ4n) is 2.00. The summed E-state index contributed by atoms with van der Waals surface area (Å²) in [7, 11) is 1.71. The van der Waals surface area contributed by atoms with Crippen molar-refractivity contribution in [1.29, 1.82) is 0 Å². The number of anilines is 1. The van der Waals surface area contributed by atoms with Gasteiger partial charge in [0.2, 0.25) is 0 Å². The molecule has 88 valence electrons. The molecule has 0 aliphatic carbocycles. The number of rotatable bonds is 2. The van der Waals surface area contributed by atoms with E-state index in [0.717, 1.165) is 25.9 Å². The highest BCUT2D eigenvalue weighted by Crippen LogP contribution is 2.19. The summed E-state index contributed by atoms with van der Waals surface area (Å²) in [5.74, 6) is 0.645. The number of piperidine rings is 1. The Balaban J connectivity index is 2.14. The zero-order chi connectivity index (χ0) is 11.5. The molecule has 1 aliphatic rings. The lowest BCUT2D eigenvalue weighted by Gasteiger charge is -2.31. The number of alkyl halides is 1. The molecule has 1 fully saturated rings. The van der Waals surface area contributed by atoms with Crippen molar-refractivity contribution in [1.82, 2.24) is 9.55 Å². The van der Waals surface area contributed by atoms with E-state index in [1.54, 1.807) is 19.4 Å². The van der Waals surface area contributed by atoms with Gasteiger partial charge in [-0.1, -0.05) is 0 Å². The minimum absolute atomic E-state index is 0.0822. The molecule has 5 heteroatoms. The molecule has 0 spiro atoms. The van der Waals surface area contributed by atoms with Crippen molar-refractivity contribution in [3.63, 3.8) is 0 Å². The minimum atomic E-state index is -0.256. The minimum Gasteiger partial charge on any atom is -0.352 e. The van der Waals surface area contributed by atoms with Gasteiger partial charge < -0.3 is 9.47 Å². The topological polar surface area (TPSA) is 38.1 Å². The summed E-state index contributed by atoms with van der Waals surface area (Å²) in [4.78, 5) is 17.9. The van der Waals surface area contributed by atoms with Gasteiger partial charge in [-0.3, -0.25) is 9.18 Å². The largest absolute Gasteiger partial charge is 0.352 e. The molecule has 0 N–H and O–H groups in total. The molecule has 0 unspecified atom stereocenters. The van der Waals surface area contributed by atoms with Crippen molar-refractivity contribution in [2.45, 2.75) is 12.8 Å². The molecule has 16 heavy (non-hydrogen) atoms. The van der Waals surface area contributed by atoms with Gasteiger partial charge in [0, 0.05) is 32.5 Å². The first kappa shape index (κ1) is 11.1. The van der Waals surface area contributed by atoms with Crippen LogP contribution in [0.15, 0.2) is 17.2 Å². The molecule has 0 bridgehead atoms. The van der Waals surface area contributed by atoms with Gasteiger partial charge in [-0.15, -0.1) is 0 Å². The quantitative estimate of drug-likeness (QED) is 0.752. The molecule has 2 heterocycles.